The maximum Gasteiger partial charge on any atom is 0.410 e. The van der Waals surface area contributed by atoms with Crippen molar-refractivity contribution in [2.45, 2.75) is 109 Å². The zero-order valence-electron chi connectivity index (χ0n) is 22.3. The summed E-state index contributed by atoms with van der Waals surface area (Å²) in [6.45, 7) is 9.03. The number of carbonyl (C=O) groups is 1. The molecule has 1 aromatic heterocycles. The first-order valence-electron chi connectivity index (χ1n) is 13.0. The van der Waals surface area contributed by atoms with Crippen LogP contribution in [0.5, 0.6) is 0 Å². The van der Waals surface area contributed by atoms with E-state index in [1.54, 1.807) is 16.7 Å². The van der Waals surface area contributed by atoms with Gasteiger partial charge in [0.25, 0.3) is 0 Å². The highest BCUT2D eigenvalue weighted by molar-refractivity contribution is 8.23. The van der Waals surface area contributed by atoms with E-state index in [-0.39, 0.29) is 6.09 Å². The topological polar surface area (TPSA) is 51.7 Å². The second-order valence-corrected chi connectivity index (χ2v) is 12.3. The van der Waals surface area contributed by atoms with Crippen molar-refractivity contribution in [1.82, 2.24) is 9.88 Å². The molecule has 1 rings (SSSR count). The lowest BCUT2D eigenvalue weighted by Crippen LogP contribution is -2.34. The second-order valence-electron chi connectivity index (χ2n) is 9.97. The summed E-state index contributed by atoms with van der Waals surface area (Å²) in [6.07, 6.45) is 14.5. The molecule has 0 radical (unpaired) electrons. The minimum atomic E-state index is -0.437. The van der Waals surface area contributed by atoms with Crippen molar-refractivity contribution in [2.75, 3.05) is 20.2 Å². The van der Waals surface area contributed by atoms with Gasteiger partial charge in [0.2, 0.25) is 4.38 Å². The first-order chi connectivity index (χ1) is 16.6. The van der Waals surface area contributed by atoms with Gasteiger partial charge in [-0.15, -0.1) is 0 Å². The minimum Gasteiger partial charge on any atom is -0.479 e. The average molecular weight is 545 g/mol. The molecule has 1 amide bonds. The van der Waals surface area contributed by atoms with Crippen LogP contribution in [0.25, 0.3) is 0 Å². The first-order valence-corrected chi connectivity index (χ1v) is 14.6. The third-order valence-electron chi connectivity index (χ3n) is 5.54. The molecular formula is C27H45ClN2O3S2. The number of hydrogen-bond donors (Lipinski definition) is 0. The van der Waals surface area contributed by atoms with Crippen LogP contribution in [-0.2, 0) is 15.9 Å². The van der Waals surface area contributed by atoms with E-state index in [0.29, 0.717) is 21.4 Å². The number of thiocarbonyl (C=S) groups is 1. The van der Waals surface area contributed by atoms with E-state index in [9.17, 15) is 4.79 Å². The highest BCUT2D eigenvalue weighted by atomic mass is 35.5. The van der Waals surface area contributed by atoms with Crippen molar-refractivity contribution in [3.8, 4) is 0 Å². The Balaban J connectivity index is 2.17. The van der Waals surface area contributed by atoms with Crippen LogP contribution >= 0.6 is 35.6 Å². The highest BCUT2D eigenvalue weighted by Crippen LogP contribution is 2.25. The second kappa shape index (κ2) is 18.2. The lowest BCUT2D eigenvalue weighted by Gasteiger charge is -2.24. The van der Waals surface area contributed by atoms with Crippen LogP contribution in [0.2, 0.25) is 5.15 Å². The number of aromatic nitrogens is 1. The van der Waals surface area contributed by atoms with Crippen LogP contribution in [0, 0.1) is 0 Å². The van der Waals surface area contributed by atoms with Crippen LogP contribution in [-0.4, -0.2) is 51.4 Å². The van der Waals surface area contributed by atoms with Crippen molar-refractivity contribution in [3.63, 3.8) is 0 Å². The van der Waals surface area contributed by atoms with E-state index in [2.05, 4.69) is 4.98 Å². The minimum absolute atomic E-state index is 0.235. The molecule has 0 aliphatic carbocycles. The largest absolute Gasteiger partial charge is 0.479 e. The van der Waals surface area contributed by atoms with E-state index in [1.807, 2.05) is 53.1 Å². The van der Waals surface area contributed by atoms with Crippen molar-refractivity contribution < 1.29 is 14.3 Å². The molecule has 0 aliphatic heterocycles. The van der Waals surface area contributed by atoms with Gasteiger partial charge in [-0.05, 0) is 77.2 Å². The molecule has 1 aromatic rings. The van der Waals surface area contributed by atoms with Gasteiger partial charge < -0.3 is 14.4 Å². The summed E-state index contributed by atoms with van der Waals surface area (Å²) in [5.41, 5.74) is 0.771. The fourth-order valence-electron chi connectivity index (χ4n) is 3.64. The fourth-order valence-corrected chi connectivity index (χ4v) is 5.26. The smallest absolute Gasteiger partial charge is 0.410 e. The fraction of sp³-hybridized carbons (Fsp3) is 0.741. The molecule has 0 aliphatic rings. The summed E-state index contributed by atoms with van der Waals surface area (Å²) in [5.74, 6) is 0. The van der Waals surface area contributed by atoms with Gasteiger partial charge in [0.05, 0.1) is 6.61 Å². The predicted molar refractivity (Wildman–Crippen MR) is 154 cm³/mol. The average Bonchev–Trinajstić information content (AvgIpc) is 2.78. The normalized spacial score (nSPS) is 12.3. The Morgan fingerprint density at radius 1 is 1.09 bits per heavy atom. The molecule has 1 unspecified atom stereocenters. The molecule has 5 nitrogen and oxygen atoms in total. The summed E-state index contributed by atoms with van der Waals surface area (Å²) in [5, 5.41) is 0.997. The Bertz CT molecular complexity index is 726. The van der Waals surface area contributed by atoms with Gasteiger partial charge in [0, 0.05) is 25.0 Å². The van der Waals surface area contributed by atoms with Crippen molar-refractivity contribution >= 4 is 46.1 Å². The molecule has 0 saturated heterocycles. The van der Waals surface area contributed by atoms with Crippen molar-refractivity contribution in [3.05, 3.63) is 29.0 Å². The molecule has 0 aromatic carbocycles. The third kappa shape index (κ3) is 17.1. The SMILES string of the molecule is CCOC(=S)SC(CCCCCCCCCCN(C)C(=O)OC(C)(C)C)CCc1ccc(Cl)nc1. The monoisotopic (exact) mass is 544 g/mol. The van der Waals surface area contributed by atoms with Crippen LogP contribution in [0.15, 0.2) is 18.3 Å². The molecule has 1 atom stereocenters. The Kier molecular flexibility index (Phi) is 16.7. The number of thioether (sulfide) groups is 1. The van der Waals surface area contributed by atoms with Gasteiger partial charge in [0.1, 0.15) is 10.8 Å². The maximum absolute atomic E-state index is 12.0. The highest BCUT2D eigenvalue weighted by Gasteiger charge is 2.19. The lowest BCUT2D eigenvalue weighted by molar-refractivity contribution is 0.0296. The third-order valence-corrected chi connectivity index (χ3v) is 7.29. The molecule has 8 heteroatoms. The van der Waals surface area contributed by atoms with E-state index in [1.165, 1.54) is 44.1 Å². The maximum atomic E-state index is 12.0. The summed E-state index contributed by atoms with van der Waals surface area (Å²) >= 11 is 13.0. The molecule has 0 saturated carbocycles. The molecule has 0 N–H and O–H groups in total. The number of halogens is 1. The van der Waals surface area contributed by atoms with Crippen LogP contribution in [0.3, 0.4) is 0 Å². The van der Waals surface area contributed by atoms with Crippen LogP contribution in [0.1, 0.15) is 97.5 Å². The molecule has 1 heterocycles. The molecular weight excluding hydrogens is 500 g/mol. The van der Waals surface area contributed by atoms with Gasteiger partial charge in [-0.3, -0.25) is 0 Å². The number of amides is 1. The Morgan fingerprint density at radius 3 is 2.29 bits per heavy atom. The summed E-state index contributed by atoms with van der Waals surface area (Å²) in [7, 11) is 1.81. The Morgan fingerprint density at radius 2 is 1.71 bits per heavy atom. The number of hydrogen-bond acceptors (Lipinski definition) is 6. The Labute approximate surface area is 228 Å². The zero-order chi connectivity index (χ0) is 26.1. The molecule has 0 spiro atoms. The number of ether oxygens (including phenoxy) is 2. The van der Waals surface area contributed by atoms with E-state index in [0.717, 1.165) is 38.6 Å². The lowest BCUT2D eigenvalue weighted by atomic mass is 10.0. The standard InChI is InChI=1S/C27H45ClN2O3S2/c1-6-32-26(34)35-23(18-16-22-17-19-24(28)29-21-22)15-13-11-9-7-8-10-12-14-20-30(5)25(31)33-27(2,3)4/h17,19,21,23H,6-16,18,20H2,1-5H3. The summed E-state index contributed by atoms with van der Waals surface area (Å²) < 4.78 is 11.6. The molecule has 35 heavy (non-hydrogen) atoms. The van der Waals surface area contributed by atoms with E-state index in [4.69, 9.17) is 33.3 Å². The zero-order valence-corrected chi connectivity index (χ0v) is 24.7. The molecule has 0 fully saturated rings. The Hall–Kier alpha value is -1.05. The van der Waals surface area contributed by atoms with Gasteiger partial charge >= 0.3 is 6.09 Å². The van der Waals surface area contributed by atoms with Gasteiger partial charge in [0.15, 0.2) is 0 Å². The number of unbranched alkanes of at least 4 members (excludes halogenated alkanes) is 7. The van der Waals surface area contributed by atoms with E-state index >= 15 is 0 Å². The molecule has 0 bridgehead atoms. The van der Waals surface area contributed by atoms with E-state index < -0.39 is 5.60 Å². The van der Waals surface area contributed by atoms with Gasteiger partial charge in [-0.2, -0.15) is 0 Å². The number of aryl methyl sites for hydroxylation is 1. The summed E-state index contributed by atoms with van der Waals surface area (Å²) in [6, 6.07) is 3.90. The van der Waals surface area contributed by atoms with Crippen LogP contribution in [0.4, 0.5) is 4.79 Å². The summed E-state index contributed by atoms with van der Waals surface area (Å²) in [4.78, 5) is 17.8. The first kappa shape index (κ1) is 32.0. The molecule has 200 valence electrons. The quantitative estimate of drug-likeness (QED) is 0.118. The van der Waals surface area contributed by atoms with Gasteiger partial charge in [-0.25, -0.2) is 9.78 Å². The number of carbonyl (C=O) groups excluding carboxylic acids is 1. The van der Waals surface area contributed by atoms with Crippen molar-refractivity contribution in [2.24, 2.45) is 0 Å². The number of pyridine rings is 1. The van der Waals surface area contributed by atoms with Gasteiger partial charge in [-0.1, -0.05) is 74.4 Å². The predicted octanol–water partition coefficient (Wildman–Crippen LogP) is 8.47. The number of rotatable bonds is 16. The number of nitrogens with zero attached hydrogens (tertiary/aromatic N) is 2. The van der Waals surface area contributed by atoms with Crippen molar-refractivity contribution in [1.29, 1.82) is 0 Å². The van der Waals surface area contributed by atoms with Crippen LogP contribution < -0.4 is 0 Å².